The maximum absolute atomic E-state index is 10.4. The quantitative estimate of drug-likeness (QED) is 0.341. The summed E-state index contributed by atoms with van der Waals surface area (Å²) in [6.07, 6.45) is 0. The van der Waals surface area contributed by atoms with Crippen molar-refractivity contribution in [1.29, 1.82) is 0 Å². The summed E-state index contributed by atoms with van der Waals surface area (Å²) in [6.45, 7) is 0. The Kier molecular flexibility index (Phi) is 3.24. The highest BCUT2D eigenvalue weighted by Gasteiger charge is 2.03. The lowest BCUT2D eigenvalue weighted by Gasteiger charge is -2.06. The highest BCUT2D eigenvalue weighted by molar-refractivity contribution is 7.80. The van der Waals surface area contributed by atoms with Gasteiger partial charge in [-0.15, -0.1) is 0 Å². The van der Waals surface area contributed by atoms with E-state index < -0.39 is 16.4 Å². The van der Waals surface area contributed by atoms with Crippen LogP contribution in [0.15, 0.2) is 24.3 Å². The van der Waals surface area contributed by atoms with Crippen LogP contribution < -0.4 is 4.89 Å². The van der Waals surface area contributed by atoms with Gasteiger partial charge in [-0.2, -0.15) is 0 Å². The molecule has 0 amide bonds. The number of rotatable bonds is 4. The second-order valence-corrected chi connectivity index (χ2v) is 3.34. The van der Waals surface area contributed by atoms with Crippen LogP contribution >= 0.6 is 0 Å². The zero-order chi connectivity index (χ0) is 11.5. The highest BCUT2D eigenvalue weighted by atomic mass is 32.3. The summed E-state index contributed by atoms with van der Waals surface area (Å²) >= 11 is 0. The van der Waals surface area contributed by atoms with E-state index in [0.717, 1.165) is 12.1 Å². The topological polar surface area (TPSA) is 113 Å². The normalized spacial score (nSPS) is 11.0. The van der Waals surface area contributed by atoms with Crippen molar-refractivity contribution < 1.29 is 32.1 Å². The van der Waals surface area contributed by atoms with Gasteiger partial charge in [0.2, 0.25) is 0 Å². The molecule has 8 heteroatoms. The maximum atomic E-state index is 10.4. The van der Waals surface area contributed by atoms with E-state index in [9.17, 15) is 17.8 Å². The van der Waals surface area contributed by atoms with Crippen LogP contribution in [0, 0.1) is 0 Å². The molecule has 0 unspecified atom stereocenters. The zero-order valence-corrected chi connectivity index (χ0v) is 7.93. The molecule has 0 bridgehead atoms. The van der Waals surface area contributed by atoms with Gasteiger partial charge in [0.15, 0.2) is 5.75 Å². The number of hydrogen-bond acceptors (Lipinski definition) is 6. The average Bonchev–Trinajstić information content (AvgIpc) is 2.14. The SMILES string of the molecule is O=C(O)c1ccc(OOS(=O)(=O)[O-])cc1. The molecule has 82 valence electrons. The Morgan fingerprint density at radius 3 is 2.20 bits per heavy atom. The molecule has 0 aliphatic rings. The lowest BCUT2D eigenvalue weighted by atomic mass is 10.2. The molecule has 0 saturated heterocycles. The van der Waals surface area contributed by atoms with Gasteiger partial charge in [-0.3, -0.25) is 0 Å². The van der Waals surface area contributed by atoms with Gasteiger partial charge in [0.05, 0.1) is 5.56 Å². The summed E-state index contributed by atoms with van der Waals surface area (Å²) in [5.74, 6) is -1.24. The summed E-state index contributed by atoms with van der Waals surface area (Å²) in [6, 6.07) is 4.63. The molecular weight excluding hydrogens is 228 g/mol. The molecule has 0 aromatic heterocycles. The van der Waals surface area contributed by atoms with Gasteiger partial charge in [-0.25, -0.2) is 13.2 Å². The second-order valence-electron chi connectivity index (χ2n) is 2.39. The molecule has 0 aliphatic heterocycles. The van der Waals surface area contributed by atoms with Crippen LogP contribution in [-0.4, -0.2) is 24.0 Å². The van der Waals surface area contributed by atoms with Crippen molar-refractivity contribution in [3.05, 3.63) is 29.8 Å². The van der Waals surface area contributed by atoms with Crippen LogP contribution in [0.5, 0.6) is 5.75 Å². The van der Waals surface area contributed by atoms with E-state index in [2.05, 4.69) is 9.22 Å². The molecule has 1 aromatic rings. The van der Waals surface area contributed by atoms with Gasteiger partial charge >= 0.3 is 5.97 Å². The second kappa shape index (κ2) is 4.26. The predicted molar refractivity (Wildman–Crippen MR) is 44.8 cm³/mol. The Hall–Kier alpha value is -1.64. The summed E-state index contributed by atoms with van der Waals surface area (Å²) < 4.78 is 33.4. The molecule has 1 rings (SSSR count). The van der Waals surface area contributed by atoms with E-state index >= 15 is 0 Å². The minimum absolute atomic E-state index is 0.00710. The summed E-state index contributed by atoms with van der Waals surface area (Å²) in [5.41, 5.74) is -0.00710. The fourth-order valence-electron chi connectivity index (χ4n) is 0.734. The van der Waals surface area contributed by atoms with Gasteiger partial charge in [-0.1, -0.05) is 4.33 Å². The van der Waals surface area contributed by atoms with Crippen molar-refractivity contribution >= 4 is 16.4 Å². The lowest BCUT2D eigenvalue weighted by molar-refractivity contribution is -0.103. The van der Waals surface area contributed by atoms with Crippen molar-refractivity contribution in [2.45, 2.75) is 0 Å². The summed E-state index contributed by atoms with van der Waals surface area (Å²) in [4.78, 5) is 14.5. The average molecular weight is 233 g/mol. The minimum Gasteiger partial charge on any atom is -0.723 e. The van der Waals surface area contributed by atoms with Crippen molar-refractivity contribution in [1.82, 2.24) is 0 Å². The Balaban J connectivity index is 2.69. The van der Waals surface area contributed by atoms with Crippen LogP contribution in [0.25, 0.3) is 0 Å². The number of carboxylic acid groups (broad SMARTS) is 1. The Labute approximate surface area is 84.7 Å². The molecule has 0 fully saturated rings. The Morgan fingerprint density at radius 2 is 1.80 bits per heavy atom. The molecule has 1 N–H and O–H groups in total. The smallest absolute Gasteiger partial charge is 0.335 e. The first-order valence-electron chi connectivity index (χ1n) is 3.54. The molecule has 0 aliphatic carbocycles. The van der Waals surface area contributed by atoms with Crippen LogP contribution in [0.2, 0.25) is 0 Å². The van der Waals surface area contributed by atoms with Crippen LogP contribution in [0.3, 0.4) is 0 Å². The molecule has 7 nitrogen and oxygen atoms in total. The number of carboxylic acids is 1. The number of benzene rings is 1. The molecule has 0 heterocycles. The Bertz CT molecular complexity index is 447. The lowest BCUT2D eigenvalue weighted by Crippen LogP contribution is -2.07. The van der Waals surface area contributed by atoms with Gasteiger partial charge < -0.3 is 14.5 Å². The van der Waals surface area contributed by atoms with E-state index in [0.29, 0.717) is 0 Å². The van der Waals surface area contributed by atoms with E-state index in [1.54, 1.807) is 0 Å². The van der Waals surface area contributed by atoms with Gasteiger partial charge in [0.25, 0.3) is 10.4 Å². The van der Waals surface area contributed by atoms with Gasteiger partial charge in [-0.05, 0) is 24.3 Å². The molecular formula is C7H5O7S-. The van der Waals surface area contributed by atoms with E-state index in [4.69, 9.17) is 5.11 Å². The molecule has 0 radical (unpaired) electrons. The standard InChI is InChI=1S/C7H6O7S/c8-7(9)5-1-3-6(4-2-5)13-14-15(10,11)12/h1-4H,(H,8,9)(H,10,11,12)/p-1. The molecule has 0 saturated carbocycles. The van der Waals surface area contributed by atoms with Gasteiger partial charge in [0, 0.05) is 0 Å². The first kappa shape index (κ1) is 11.4. The van der Waals surface area contributed by atoms with E-state index in [-0.39, 0.29) is 11.3 Å². The third-order valence-electron chi connectivity index (χ3n) is 1.31. The fourth-order valence-corrected chi connectivity index (χ4v) is 0.896. The van der Waals surface area contributed by atoms with Crippen molar-refractivity contribution in [3.63, 3.8) is 0 Å². The van der Waals surface area contributed by atoms with Crippen LogP contribution in [-0.2, 0) is 14.7 Å². The predicted octanol–water partition coefficient (Wildman–Crippen LogP) is 0.155. The van der Waals surface area contributed by atoms with Crippen molar-refractivity contribution in [2.24, 2.45) is 0 Å². The van der Waals surface area contributed by atoms with Crippen LogP contribution in [0.1, 0.15) is 10.4 Å². The number of hydrogen-bond donors (Lipinski definition) is 1. The first-order valence-corrected chi connectivity index (χ1v) is 4.87. The minimum atomic E-state index is -4.94. The zero-order valence-electron chi connectivity index (χ0n) is 7.11. The van der Waals surface area contributed by atoms with Crippen molar-refractivity contribution in [3.8, 4) is 5.75 Å². The van der Waals surface area contributed by atoms with Crippen molar-refractivity contribution in [2.75, 3.05) is 0 Å². The van der Waals surface area contributed by atoms with E-state index in [1.165, 1.54) is 12.1 Å². The number of aromatic carboxylic acids is 1. The molecule has 1 aromatic carbocycles. The Morgan fingerprint density at radius 1 is 1.27 bits per heavy atom. The number of carbonyl (C=O) groups is 1. The van der Waals surface area contributed by atoms with E-state index in [1.807, 2.05) is 0 Å². The van der Waals surface area contributed by atoms with Crippen LogP contribution in [0.4, 0.5) is 0 Å². The molecule has 0 spiro atoms. The fraction of sp³-hybridized carbons (Fsp3) is 0. The largest absolute Gasteiger partial charge is 0.723 e. The molecule has 0 atom stereocenters. The third-order valence-corrected chi connectivity index (χ3v) is 1.55. The van der Waals surface area contributed by atoms with Gasteiger partial charge in [0.1, 0.15) is 0 Å². The summed E-state index contributed by atoms with van der Waals surface area (Å²) in [5, 5.41) is 8.52. The third kappa shape index (κ3) is 3.94. The molecule has 15 heavy (non-hydrogen) atoms. The monoisotopic (exact) mass is 233 g/mol. The summed E-state index contributed by atoms with van der Waals surface area (Å²) in [7, 11) is -4.94. The first-order chi connectivity index (χ1) is 6.88. The maximum Gasteiger partial charge on any atom is 0.335 e. The highest BCUT2D eigenvalue weighted by Crippen LogP contribution is 2.12.